The number of hydrogen-bond acceptors (Lipinski definition) is 3. The van der Waals surface area contributed by atoms with Crippen molar-refractivity contribution in [1.82, 2.24) is 9.47 Å². The van der Waals surface area contributed by atoms with Crippen LogP contribution in [0.1, 0.15) is 38.3 Å². The standard InChI is InChI=1S/C24H30N2O2/c1-19(2)26-17-20(22-10-6-7-11-23(22)26)16-25-14-12-24(27,13-15-25)18-28-21-8-4-3-5-9-21/h3-11,17,19,27H,12-16,18H2,1-2H3. The number of fused-ring (bicyclic) bond motifs is 1. The number of aromatic nitrogens is 1. The van der Waals surface area contributed by atoms with E-state index in [-0.39, 0.29) is 0 Å². The lowest BCUT2D eigenvalue weighted by Crippen LogP contribution is -2.47. The Kier molecular flexibility index (Phi) is 5.42. The van der Waals surface area contributed by atoms with Gasteiger partial charge in [-0.05, 0) is 50.5 Å². The molecule has 2 aromatic carbocycles. The van der Waals surface area contributed by atoms with Crippen LogP contribution >= 0.6 is 0 Å². The van der Waals surface area contributed by atoms with Crippen LogP contribution in [0.25, 0.3) is 10.9 Å². The molecule has 148 valence electrons. The quantitative estimate of drug-likeness (QED) is 0.680. The third-order valence-corrected chi connectivity index (χ3v) is 5.81. The van der Waals surface area contributed by atoms with E-state index in [4.69, 9.17) is 4.74 Å². The van der Waals surface area contributed by atoms with Crippen LogP contribution in [0, 0.1) is 0 Å². The molecule has 0 atom stereocenters. The first-order valence-electron chi connectivity index (χ1n) is 10.3. The summed E-state index contributed by atoms with van der Waals surface area (Å²) in [5.74, 6) is 0.819. The molecule has 0 bridgehead atoms. The van der Waals surface area contributed by atoms with E-state index in [2.05, 4.69) is 53.8 Å². The van der Waals surface area contributed by atoms with Gasteiger partial charge < -0.3 is 14.4 Å². The molecule has 1 aliphatic heterocycles. The van der Waals surface area contributed by atoms with Crippen molar-refractivity contribution in [2.45, 2.75) is 44.9 Å². The minimum absolute atomic E-state index is 0.359. The van der Waals surface area contributed by atoms with Gasteiger partial charge in [-0.2, -0.15) is 0 Å². The first kappa shape index (κ1) is 19.0. The summed E-state index contributed by atoms with van der Waals surface area (Å²) in [6, 6.07) is 18.8. The van der Waals surface area contributed by atoms with E-state index < -0.39 is 5.60 Å². The van der Waals surface area contributed by atoms with Crippen molar-refractivity contribution >= 4 is 10.9 Å². The number of likely N-dealkylation sites (tertiary alicyclic amines) is 1. The summed E-state index contributed by atoms with van der Waals surface area (Å²) < 4.78 is 8.18. The van der Waals surface area contributed by atoms with Crippen LogP contribution in [0.5, 0.6) is 5.75 Å². The Morgan fingerprint density at radius 2 is 1.68 bits per heavy atom. The van der Waals surface area contributed by atoms with Crippen LogP contribution in [0.2, 0.25) is 0 Å². The zero-order valence-corrected chi connectivity index (χ0v) is 16.8. The molecule has 0 spiro atoms. The van der Waals surface area contributed by atoms with Crippen molar-refractivity contribution in [3.8, 4) is 5.75 Å². The van der Waals surface area contributed by atoms with Crippen LogP contribution in [-0.4, -0.2) is 39.9 Å². The molecule has 0 amide bonds. The molecule has 4 nitrogen and oxygen atoms in total. The fourth-order valence-corrected chi connectivity index (χ4v) is 4.08. The Balaban J connectivity index is 1.39. The summed E-state index contributed by atoms with van der Waals surface area (Å²) in [5, 5.41) is 12.2. The lowest BCUT2D eigenvalue weighted by Gasteiger charge is -2.37. The summed E-state index contributed by atoms with van der Waals surface area (Å²) in [6.45, 7) is 7.51. The van der Waals surface area contributed by atoms with Crippen molar-refractivity contribution in [2.24, 2.45) is 0 Å². The fraction of sp³-hybridized carbons (Fsp3) is 0.417. The Labute approximate surface area is 167 Å². The molecule has 0 aliphatic carbocycles. The average molecular weight is 379 g/mol. The molecule has 1 saturated heterocycles. The second-order valence-corrected chi connectivity index (χ2v) is 8.27. The molecule has 3 aromatic rings. The fourth-order valence-electron chi connectivity index (χ4n) is 4.08. The molecule has 0 unspecified atom stereocenters. The molecular weight excluding hydrogens is 348 g/mol. The maximum Gasteiger partial charge on any atom is 0.119 e. The topological polar surface area (TPSA) is 37.6 Å². The van der Waals surface area contributed by atoms with Crippen molar-refractivity contribution in [3.63, 3.8) is 0 Å². The number of hydrogen-bond donors (Lipinski definition) is 1. The van der Waals surface area contributed by atoms with Gasteiger partial charge >= 0.3 is 0 Å². The number of rotatable bonds is 6. The molecule has 1 fully saturated rings. The van der Waals surface area contributed by atoms with Crippen molar-refractivity contribution in [3.05, 3.63) is 66.4 Å². The maximum atomic E-state index is 10.9. The van der Waals surface area contributed by atoms with Gasteiger partial charge in [0.1, 0.15) is 18.0 Å². The lowest BCUT2D eigenvalue weighted by atomic mass is 9.92. The highest BCUT2D eigenvalue weighted by molar-refractivity contribution is 5.84. The number of para-hydroxylation sites is 2. The van der Waals surface area contributed by atoms with E-state index in [0.717, 1.165) is 38.2 Å². The summed E-state index contributed by atoms with van der Waals surface area (Å²) >= 11 is 0. The van der Waals surface area contributed by atoms with Gasteiger partial charge in [0.25, 0.3) is 0 Å². The summed E-state index contributed by atoms with van der Waals surface area (Å²) in [6.07, 6.45) is 3.78. The molecule has 0 saturated carbocycles. The van der Waals surface area contributed by atoms with Gasteiger partial charge in [-0.1, -0.05) is 36.4 Å². The van der Waals surface area contributed by atoms with Crippen molar-refractivity contribution < 1.29 is 9.84 Å². The number of nitrogens with zero attached hydrogens (tertiary/aromatic N) is 2. The predicted octanol–water partition coefficient (Wildman–Crippen LogP) is 4.63. The Hall–Kier alpha value is -2.30. The normalized spacial score (nSPS) is 17.3. The van der Waals surface area contributed by atoms with Gasteiger partial charge in [0.2, 0.25) is 0 Å². The monoisotopic (exact) mass is 378 g/mol. The van der Waals surface area contributed by atoms with E-state index in [9.17, 15) is 5.11 Å². The highest BCUT2D eigenvalue weighted by atomic mass is 16.5. The molecule has 1 aliphatic rings. The van der Waals surface area contributed by atoms with Gasteiger partial charge in [0.05, 0.1) is 0 Å². The Bertz CT molecular complexity index is 909. The molecule has 2 heterocycles. The van der Waals surface area contributed by atoms with Gasteiger partial charge in [-0.15, -0.1) is 0 Å². The molecule has 4 rings (SSSR count). The van der Waals surface area contributed by atoms with Crippen molar-refractivity contribution in [1.29, 1.82) is 0 Å². The average Bonchev–Trinajstić information content (AvgIpc) is 3.08. The first-order valence-corrected chi connectivity index (χ1v) is 10.3. The van der Waals surface area contributed by atoms with E-state index in [1.807, 2.05) is 30.3 Å². The molecule has 28 heavy (non-hydrogen) atoms. The smallest absolute Gasteiger partial charge is 0.119 e. The molecular formula is C24H30N2O2. The summed E-state index contributed by atoms with van der Waals surface area (Å²) in [4.78, 5) is 2.45. The van der Waals surface area contributed by atoms with Crippen molar-refractivity contribution in [2.75, 3.05) is 19.7 Å². The highest BCUT2D eigenvalue weighted by Crippen LogP contribution is 2.29. The van der Waals surface area contributed by atoms with E-state index >= 15 is 0 Å². The predicted molar refractivity (Wildman–Crippen MR) is 114 cm³/mol. The first-order chi connectivity index (χ1) is 13.5. The van der Waals surface area contributed by atoms with Crippen LogP contribution in [0.4, 0.5) is 0 Å². The minimum atomic E-state index is -0.738. The van der Waals surface area contributed by atoms with Crippen LogP contribution in [0.15, 0.2) is 60.8 Å². The SMILES string of the molecule is CC(C)n1cc(CN2CCC(O)(COc3ccccc3)CC2)c2ccccc21. The summed E-state index contributed by atoms with van der Waals surface area (Å²) in [5.41, 5.74) is 1.94. The van der Waals surface area contributed by atoms with Gasteiger partial charge in [0, 0.05) is 42.8 Å². The largest absolute Gasteiger partial charge is 0.491 e. The molecule has 1 aromatic heterocycles. The number of piperidine rings is 1. The molecule has 4 heteroatoms. The van der Waals surface area contributed by atoms with Crippen LogP contribution in [0.3, 0.4) is 0 Å². The summed E-state index contributed by atoms with van der Waals surface area (Å²) in [7, 11) is 0. The van der Waals surface area contributed by atoms with E-state index in [1.165, 1.54) is 16.5 Å². The second-order valence-electron chi connectivity index (χ2n) is 8.27. The van der Waals surface area contributed by atoms with Gasteiger partial charge in [0.15, 0.2) is 0 Å². The van der Waals surface area contributed by atoms with Gasteiger partial charge in [-0.25, -0.2) is 0 Å². The lowest BCUT2D eigenvalue weighted by molar-refractivity contribution is -0.0536. The minimum Gasteiger partial charge on any atom is -0.491 e. The second kappa shape index (κ2) is 7.98. The third kappa shape index (κ3) is 4.08. The molecule has 1 N–H and O–H groups in total. The van der Waals surface area contributed by atoms with E-state index in [0.29, 0.717) is 12.6 Å². The van der Waals surface area contributed by atoms with Crippen LogP contribution in [-0.2, 0) is 6.54 Å². The zero-order chi connectivity index (χ0) is 19.6. The van der Waals surface area contributed by atoms with E-state index in [1.54, 1.807) is 0 Å². The zero-order valence-electron chi connectivity index (χ0n) is 16.8. The Morgan fingerprint density at radius 1 is 1.00 bits per heavy atom. The maximum absolute atomic E-state index is 10.9. The number of benzene rings is 2. The number of aliphatic hydroxyl groups is 1. The molecule has 0 radical (unpaired) electrons. The van der Waals surface area contributed by atoms with Crippen LogP contribution < -0.4 is 4.74 Å². The van der Waals surface area contributed by atoms with Gasteiger partial charge in [-0.3, -0.25) is 4.90 Å². The number of ether oxygens (including phenoxy) is 1. The third-order valence-electron chi connectivity index (χ3n) is 5.81. The highest BCUT2D eigenvalue weighted by Gasteiger charge is 2.33. The Morgan fingerprint density at radius 3 is 2.39 bits per heavy atom.